The van der Waals surface area contributed by atoms with Crippen molar-refractivity contribution in [1.82, 2.24) is 14.8 Å². The maximum absolute atomic E-state index is 11.0. The Morgan fingerprint density at radius 3 is 2.62 bits per heavy atom. The first-order chi connectivity index (χ1) is 11.4. The summed E-state index contributed by atoms with van der Waals surface area (Å²) >= 11 is 5.84. The van der Waals surface area contributed by atoms with E-state index in [-0.39, 0.29) is 6.61 Å². The molecule has 0 aliphatic carbocycles. The minimum atomic E-state index is -1.30. The van der Waals surface area contributed by atoms with Crippen LogP contribution in [0.15, 0.2) is 36.5 Å². The predicted octanol–water partition coefficient (Wildman–Crippen LogP) is 2.20. The van der Waals surface area contributed by atoms with Gasteiger partial charge in [0.2, 0.25) is 5.88 Å². The van der Waals surface area contributed by atoms with Gasteiger partial charge in [-0.05, 0) is 31.2 Å². The van der Waals surface area contributed by atoms with Crippen LogP contribution in [0.4, 0.5) is 4.79 Å². The number of carbonyl (C=O) groups is 1. The maximum Gasteiger partial charge on any atom is 0.431 e. The predicted molar refractivity (Wildman–Crippen MR) is 86.4 cm³/mol. The van der Waals surface area contributed by atoms with E-state index in [0.717, 1.165) is 5.69 Å². The van der Waals surface area contributed by atoms with E-state index < -0.39 is 18.2 Å². The Morgan fingerprint density at radius 2 is 2.04 bits per heavy atom. The third-order valence-electron chi connectivity index (χ3n) is 3.37. The zero-order valence-corrected chi connectivity index (χ0v) is 13.9. The minimum Gasteiger partial charge on any atom is -0.474 e. The smallest absolute Gasteiger partial charge is 0.431 e. The molecular formula is C15H18ClN3O5. The molecule has 2 atom stereocenters. The molecule has 0 aliphatic heterocycles. The van der Waals surface area contributed by atoms with Gasteiger partial charge in [-0.2, -0.15) is 5.06 Å². The first-order valence-electron chi connectivity index (χ1n) is 7.11. The van der Waals surface area contributed by atoms with Gasteiger partial charge in [0.05, 0.1) is 18.8 Å². The van der Waals surface area contributed by atoms with E-state index in [1.54, 1.807) is 41.2 Å². The molecule has 2 N–H and O–H groups in total. The van der Waals surface area contributed by atoms with Gasteiger partial charge in [0.15, 0.2) is 0 Å². The molecule has 0 radical (unpaired) electrons. The number of hydrogen-bond acceptors (Lipinski definition) is 5. The largest absolute Gasteiger partial charge is 0.474 e. The summed E-state index contributed by atoms with van der Waals surface area (Å²) in [5.41, 5.74) is 0.805. The van der Waals surface area contributed by atoms with Crippen molar-refractivity contribution < 1.29 is 24.6 Å². The number of aliphatic hydroxyl groups is 1. The number of hydroxylamine groups is 2. The molecule has 0 fully saturated rings. The van der Waals surface area contributed by atoms with E-state index in [0.29, 0.717) is 16.0 Å². The Bertz CT molecular complexity index is 676. The van der Waals surface area contributed by atoms with Gasteiger partial charge in [-0.15, -0.1) is 5.10 Å². The SMILES string of the molecule is CON(C(=O)O)[C@H](C)[C@H](O)COc1ccn(-c2ccc(Cl)cc2)n1. The molecule has 1 amide bonds. The van der Waals surface area contributed by atoms with Gasteiger partial charge in [-0.1, -0.05) is 11.6 Å². The molecule has 0 aliphatic rings. The molecule has 0 spiro atoms. The van der Waals surface area contributed by atoms with E-state index in [4.69, 9.17) is 26.3 Å². The average Bonchev–Trinajstić information content (AvgIpc) is 3.02. The van der Waals surface area contributed by atoms with Crippen LogP contribution in [0.2, 0.25) is 5.02 Å². The van der Waals surface area contributed by atoms with Gasteiger partial charge in [0, 0.05) is 17.3 Å². The van der Waals surface area contributed by atoms with Gasteiger partial charge in [-0.25, -0.2) is 9.48 Å². The van der Waals surface area contributed by atoms with Crippen LogP contribution in [-0.2, 0) is 4.84 Å². The summed E-state index contributed by atoms with van der Waals surface area (Å²) in [6, 6.07) is 7.94. The molecule has 0 saturated carbocycles. The number of halogens is 1. The minimum absolute atomic E-state index is 0.133. The number of amides is 1. The molecule has 24 heavy (non-hydrogen) atoms. The van der Waals surface area contributed by atoms with Crippen molar-refractivity contribution in [3.63, 3.8) is 0 Å². The number of hydrogen-bond donors (Lipinski definition) is 2. The highest BCUT2D eigenvalue weighted by molar-refractivity contribution is 6.30. The molecule has 1 heterocycles. The highest BCUT2D eigenvalue weighted by Crippen LogP contribution is 2.16. The van der Waals surface area contributed by atoms with E-state index >= 15 is 0 Å². The quantitative estimate of drug-likeness (QED) is 0.739. The first-order valence-corrected chi connectivity index (χ1v) is 7.49. The molecule has 2 rings (SSSR count). The number of rotatable bonds is 7. The number of benzene rings is 1. The number of carboxylic acid groups (broad SMARTS) is 1. The van der Waals surface area contributed by atoms with Crippen molar-refractivity contribution in [2.75, 3.05) is 13.7 Å². The fourth-order valence-electron chi connectivity index (χ4n) is 2.01. The van der Waals surface area contributed by atoms with E-state index in [2.05, 4.69) is 5.10 Å². The van der Waals surface area contributed by atoms with Crippen molar-refractivity contribution >= 4 is 17.7 Å². The van der Waals surface area contributed by atoms with Gasteiger partial charge < -0.3 is 14.9 Å². The second kappa shape index (κ2) is 8.00. The fraction of sp³-hybridized carbons (Fsp3) is 0.333. The van der Waals surface area contributed by atoms with Crippen molar-refractivity contribution in [2.24, 2.45) is 0 Å². The Balaban J connectivity index is 1.95. The van der Waals surface area contributed by atoms with Gasteiger partial charge in [0.1, 0.15) is 12.7 Å². The summed E-state index contributed by atoms with van der Waals surface area (Å²) in [5, 5.41) is 24.5. The molecule has 1 aromatic heterocycles. The number of nitrogens with zero attached hydrogens (tertiary/aromatic N) is 3. The van der Waals surface area contributed by atoms with E-state index in [1.807, 2.05) is 0 Å². The molecule has 0 unspecified atom stereocenters. The lowest BCUT2D eigenvalue weighted by Gasteiger charge is -2.27. The first kappa shape index (κ1) is 18.1. The summed E-state index contributed by atoms with van der Waals surface area (Å²) in [5.74, 6) is 0.301. The molecule has 9 heteroatoms. The molecule has 8 nitrogen and oxygen atoms in total. The molecule has 1 aromatic carbocycles. The highest BCUT2D eigenvalue weighted by atomic mass is 35.5. The third kappa shape index (κ3) is 4.38. The van der Waals surface area contributed by atoms with E-state index in [1.165, 1.54) is 14.0 Å². The Labute approximate surface area is 143 Å². The van der Waals surface area contributed by atoms with Crippen LogP contribution in [-0.4, -0.2) is 57.0 Å². The zero-order chi connectivity index (χ0) is 17.7. The molecular weight excluding hydrogens is 338 g/mol. The number of ether oxygens (including phenoxy) is 1. The normalized spacial score (nSPS) is 13.3. The number of aliphatic hydroxyl groups excluding tert-OH is 1. The van der Waals surface area contributed by atoms with Crippen LogP contribution >= 0.6 is 11.6 Å². The third-order valence-corrected chi connectivity index (χ3v) is 3.62. The van der Waals surface area contributed by atoms with Crippen LogP contribution < -0.4 is 4.74 Å². The number of aromatic nitrogens is 2. The fourth-order valence-corrected chi connectivity index (χ4v) is 2.13. The zero-order valence-electron chi connectivity index (χ0n) is 13.2. The summed E-state index contributed by atoms with van der Waals surface area (Å²) in [6.07, 6.45) is -0.676. The maximum atomic E-state index is 11.0. The Hall–Kier alpha value is -2.29. The topological polar surface area (TPSA) is 97.0 Å². The van der Waals surface area contributed by atoms with Crippen LogP contribution in [0, 0.1) is 0 Å². The molecule has 0 bridgehead atoms. The second-order valence-corrected chi connectivity index (χ2v) is 5.42. The van der Waals surface area contributed by atoms with Gasteiger partial charge in [-0.3, -0.25) is 4.84 Å². The summed E-state index contributed by atoms with van der Waals surface area (Å²) in [6.45, 7) is 1.38. The molecule has 0 saturated heterocycles. The van der Waals surface area contributed by atoms with Crippen LogP contribution in [0.1, 0.15) is 6.92 Å². The lowest BCUT2D eigenvalue weighted by molar-refractivity contribution is -0.153. The summed E-state index contributed by atoms with van der Waals surface area (Å²) < 4.78 is 7.00. The van der Waals surface area contributed by atoms with Crippen molar-refractivity contribution in [3.05, 3.63) is 41.6 Å². The van der Waals surface area contributed by atoms with Gasteiger partial charge in [0.25, 0.3) is 0 Å². The van der Waals surface area contributed by atoms with Crippen molar-refractivity contribution in [3.8, 4) is 11.6 Å². The van der Waals surface area contributed by atoms with Crippen LogP contribution in [0.3, 0.4) is 0 Å². The summed E-state index contributed by atoms with van der Waals surface area (Å²) in [4.78, 5) is 15.7. The monoisotopic (exact) mass is 355 g/mol. The van der Waals surface area contributed by atoms with Crippen LogP contribution in [0.25, 0.3) is 5.69 Å². The van der Waals surface area contributed by atoms with Crippen molar-refractivity contribution in [2.45, 2.75) is 19.1 Å². The van der Waals surface area contributed by atoms with Crippen molar-refractivity contribution in [1.29, 1.82) is 0 Å². The molecule has 2 aromatic rings. The standard InChI is InChI=1S/C15H18ClN3O5/c1-10(19(23-2)15(21)22)13(20)9-24-14-7-8-18(17-14)12-5-3-11(16)4-6-12/h3-8,10,13,20H,9H2,1-2H3,(H,21,22)/t10-,13-/m1/s1. The van der Waals surface area contributed by atoms with Gasteiger partial charge >= 0.3 is 6.09 Å². The highest BCUT2D eigenvalue weighted by Gasteiger charge is 2.27. The van der Waals surface area contributed by atoms with Crippen LogP contribution in [0.5, 0.6) is 5.88 Å². The Kier molecular flexibility index (Phi) is 6.02. The average molecular weight is 356 g/mol. The Morgan fingerprint density at radius 1 is 1.38 bits per heavy atom. The second-order valence-electron chi connectivity index (χ2n) is 4.98. The lowest BCUT2D eigenvalue weighted by Crippen LogP contribution is -2.46. The van der Waals surface area contributed by atoms with E-state index in [9.17, 15) is 9.90 Å². The lowest BCUT2D eigenvalue weighted by atomic mass is 10.2. The molecule has 130 valence electrons. The summed E-state index contributed by atoms with van der Waals surface area (Å²) in [7, 11) is 1.21.